The molecule has 1 amide bonds. The molecular formula is C22H15Cl2N3O4S. The molecule has 0 spiro atoms. The fourth-order valence-corrected chi connectivity index (χ4v) is 4.80. The van der Waals surface area contributed by atoms with Crippen LogP contribution in [-0.4, -0.2) is 32.5 Å². The van der Waals surface area contributed by atoms with Gasteiger partial charge in [0.25, 0.3) is 5.78 Å². The van der Waals surface area contributed by atoms with E-state index in [-0.39, 0.29) is 27.3 Å². The molecule has 10 heteroatoms. The minimum Gasteiger partial charge on any atom is -0.507 e. The zero-order valence-corrected chi connectivity index (χ0v) is 19.1. The summed E-state index contributed by atoms with van der Waals surface area (Å²) in [7, 11) is 0. The Hall–Kier alpha value is -3.07. The highest BCUT2D eigenvalue weighted by molar-refractivity contribution is 7.18. The Balaban J connectivity index is 1.97. The van der Waals surface area contributed by atoms with Crippen LogP contribution in [0.4, 0.5) is 5.13 Å². The molecule has 0 bridgehead atoms. The van der Waals surface area contributed by atoms with E-state index in [1.165, 1.54) is 42.4 Å². The summed E-state index contributed by atoms with van der Waals surface area (Å²) in [6, 6.07) is 6.71. The third-order valence-corrected chi connectivity index (χ3v) is 6.97. The Bertz CT molecular complexity index is 1300. The Morgan fingerprint density at radius 1 is 1.12 bits per heavy atom. The van der Waals surface area contributed by atoms with Crippen LogP contribution in [0.5, 0.6) is 0 Å². The van der Waals surface area contributed by atoms with E-state index in [4.69, 9.17) is 23.2 Å². The molecule has 0 aliphatic carbocycles. The number of carbonyl (C=O) groups excluding carboxylic acids is 3. The standard InChI is InChI=1S/C22H15Cl2N3O4S/c1-10-20(11(2)28)32-22(26-10)27-17(13-3-4-14(23)15(24)9-13)16(19(30)21(27)31)18(29)12-5-7-25-8-6-12/h3-9,17,29H,1-2H3. The highest BCUT2D eigenvalue weighted by Gasteiger charge is 2.48. The first kappa shape index (κ1) is 22.1. The van der Waals surface area contributed by atoms with Crippen molar-refractivity contribution >= 4 is 62.9 Å². The van der Waals surface area contributed by atoms with Crippen molar-refractivity contribution in [1.82, 2.24) is 9.97 Å². The normalized spacial score (nSPS) is 17.8. The van der Waals surface area contributed by atoms with Crippen molar-refractivity contribution in [3.8, 4) is 0 Å². The number of aryl methyl sites for hydroxylation is 1. The quantitative estimate of drug-likeness (QED) is 0.241. The Morgan fingerprint density at radius 2 is 1.81 bits per heavy atom. The average molecular weight is 488 g/mol. The lowest BCUT2D eigenvalue weighted by Crippen LogP contribution is -2.29. The summed E-state index contributed by atoms with van der Waals surface area (Å²) >= 11 is 13.3. The zero-order valence-electron chi connectivity index (χ0n) is 16.8. The number of carbonyl (C=O) groups is 3. The van der Waals surface area contributed by atoms with Crippen LogP contribution < -0.4 is 4.90 Å². The van der Waals surface area contributed by atoms with E-state index in [0.717, 1.165) is 11.3 Å². The second-order valence-electron chi connectivity index (χ2n) is 7.05. The number of Topliss-reactive ketones (excluding diaryl/α,β-unsaturated/α-hetero) is 2. The van der Waals surface area contributed by atoms with E-state index in [0.29, 0.717) is 26.7 Å². The predicted molar refractivity (Wildman–Crippen MR) is 122 cm³/mol. The van der Waals surface area contributed by atoms with E-state index in [2.05, 4.69) is 9.97 Å². The second kappa shape index (κ2) is 8.46. The van der Waals surface area contributed by atoms with Gasteiger partial charge >= 0.3 is 5.91 Å². The van der Waals surface area contributed by atoms with E-state index < -0.39 is 17.7 Å². The number of aromatic nitrogens is 2. The monoisotopic (exact) mass is 487 g/mol. The van der Waals surface area contributed by atoms with Crippen molar-refractivity contribution in [3.63, 3.8) is 0 Å². The largest absolute Gasteiger partial charge is 0.507 e. The summed E-state index contributed by atoms with van der Waals surface area (Å²) in [4.78, 5) is 48.0. The molecule has 1 saturated heterocycles. The fourth-order valence-electron chi connectivity index (χ4n) is 3.50. The van der Waals surface area contributed by atoms with Crippen LogP contribution in [0.25, 0.3) is 5.76 Å². The van der Waals surface area contributed by atoms with Gasteiger partial charge < -0.3 is 5.11 Å². The first-order chi connectivity index (χ1) is 15.2. The van der Waals surface area contributed by atoms with Crippen LogP contribution in [0.1, 0.15) is 39.5 Å². The van der Waals surface area contributed by atoms with Gasteiger partial charge in [-0.1, -0.05) is 40.6 Å². The van der Waals surface area contributed by atoms with Gasteiger partial charge in [-0.25, -0.2) is 4.98 Å². The molecule has 1 atom stereocenters. The van der Waals surface area contributed by atoms with Gasteiger partial charge in [0.05, 0.1) is 32.2 Å². The molecule has 0 radical (unpaired) electrons. The average Bonchev–Trinajstić information content (AvgIpc) is 3.27. The van der Waals surface area contributed by atoms with Crippen molar-refractivity contribution in [2.45, 2.75) is 19.9 Å². The van der Waals surface area contributed by atoms with Crippen molar-refractivity contribution in [3.05, 3.63) is 80.0 Å². The summed E-state index contributed by atoms with van der Waals surface area (Å²) in [5.74, 6) is -2.32. The first-order valence-corrected chi connectivity index (χ1v) is 10.9. The number of hydrogen-bond donors (Lipinski definition) is 1. The maximum atomic E-state index is 13.1. The van der Waals surface area contributed by atoms with Gasteiger partial charge in [0, 0.05) is 24.9 Å². The zero-order chi connectivity index (χ0) is 23.2. The third-order valence-electron chi connectivity index (χ3n) is 4.97. The SMILES string of the molecule is CC(=O)c1sc(N2C(=O)C(=O)C(=C(O)c3ccncc3)C2c2ccc(Cl)c(Cl)c2)nc1C. The highest BCUT2D eigenvalue weighted by atomic mass is 35.5. The van der Waals surface area contributed by atoms with Gasteiger partial charge in [-0.3, -0.25) is 24.3 Å². The molecule has 1 N–H and O–H groups in total. The van der Waals surface area contributed by atoms with Gasteiger partial charge in [-0.05, 0) is 36.8 Å². The summed E-state index contributed by atoms with van der Waals surface area (Å²) in [5, 5.41) is 11.7. The molecule has 1 aromatic carbocycles. The van der Waals surface area contributed by atoms with Crippen LogP contribution >= 0.6 is 34.5 Å². The van der Waals surface area contributed by atoms with Gasteiger partial charge in [0.15, 0.2) is 10.9 Å². The van der Waals surface area contributed by atoms with Gasteiger partial charge in [-0.15, -0.1) is 0 Å². The lowest BCUT2D eigenvalue weighted by Gasteiger charge is -2.23. The van der Waals surface area contributed by atoms with Crippen molar-refractivity contribution in [2.24, 2.45) is 0 Å². The summed E-state index contributed by atoms with van der Waals surface area (Å²) in [6.45, 7) is 3.05. The predicted octanol–water partition coefficient (Wildman–Crippen LogP) is 4.98. The van der Waals surface area contributed by atoms with Crippen LogP contribution in [0, 0.1) is 6.92 Å². The minimum atomic E-state index is -1.02. The molecule has 162 valence electrons. The molecular weight excluding hydrogens is 473 g/mol. The molecule has 1 unspecified atom stereocenters. The summed E-state index contributed by atoms with van der Waals surface area (Å²) in [5.41, 5.74) is 1.09. The number of benzene rings is 1. The molecule has 3 aromatic rings. The van der Waals surface area contributed by atoms with E-state index in [1.807, 2.05) is 0 Å². The van der Waals surface area contributed by atoms with E-state index >= 15 is 0 Å². The second-order valence-corrected chi connectivity index (χ2v) is 8.84. The lowest BCUT2D eigenvalue weighted by molar-refractivity contribution is -0.132. The number of amides is 1. The first-order valence-electron chi connectivity index (χ1n) is 9.35. The number of thiazole rings is 1. The number of halogens is 2. The van der Waals surface area contributed by atoms with Gasteiger partial charge in [0.2, 0.25) is 0 Å². The topological polar surface area (TPSA) is 100 Å². The number of ketones is 2. The number of rotatable bonds is 4. The van der Waals surface area contributed by atoms with Crippen LogP contribution in [-0.2, 0) is 9.59 Å². The Labute approximate surface area is 196 Å². The number of aliphatic hydroxyl groups excluding tert-OH is 1. The maximum absolute atomic E-state index is 13.1. The van der Waals surface area contributed by atoms with Crippen molar-refractivity contribution in [1.29, 1.82) is 0 Å². The van der Waals surface area contributed by atoms with Crippen molar-refractivity contribution < 1.29 is 19.5 Å². The minimum absolute atomic E-state index is 0.128. The third kappa shape index (κ3) is 3.70. The molecule has 0 saturated carbocycles. The number of anilines is 1. The van der Waals surface area contributed by atoms with E-state index in [1.54, 1.807) is 19.1 Å². The van der Waals surface area contributed by atoms with Gasteiger partial charge in [0.1, 0.15) is 5.76 Å². The number of pyridine rings is 1. The van der Waals surface area contributed by atoms with Crippen LogP contribution in [0.15, 0.2) is 48.3 Å². The number of aliphatic hydroxyl groups is 1. The molecule has 1 aliphatic rings. The smallest absolute Gasteiger partial charge is 0.301 e. The molecule has 2 aromatic heterocycles. The van der Waals surface area contributed by atoms with Crippen LogP contribution in [0.2, 0.25) is 10.0 Å². The molecule has 4 rings (SSSR count). The fraction of sp³-hybridized carbons (Fsp3) is 0.136. The molecule has 1 fully saturated rings. The number of nitrogens with zero attached hydrogens (tertiary/aromatic N) is 3. The molecule has 3 heterocycles. The number of hydrogen-bond acceptors (Lipinski definition) is 7. The highest BCUT2D eigenvalue weighted by Crippen LogP contribution is 2.44. The Kier molecular flexibility index (Phi) is 5.85. The molecule has 1 aliphatic heterocycles. The van der Waals surface area contributed by atoms with Crippen LogP contribution in [0.3, 0.4) is 0 Å². The van der Waals surface area contributed by atoms with Gasteiger partial charge in [-0.2, -0.15) is 0 Å². The summed E-state index contributed by atoms with van der Waals surface area (Å²) < 4.78 is 0. The summed E-state index contributed by atoms with van der Waals surface area (Å²) in [6.07, 6.45) is 2.92. The Morgan fingerprint density at radius 3 is 2.41 bits per heavy atom. The maximum Gasteiger partial charge on any atom is 0.301 e. The van der Waals surface area contributed by atoms with E-state index in [9.17, 15) is 19.5 Å². The molecule has 7 nitrogen and oxygen atoms in total. The van der Waals surface area contributed by atoms with Crippen molar-refractivity contribution in [2.75, 3.05) is 4.90 Å². The molecule has 32 heavy (non-hydrogen) atoms. The lowest BCUT2D eigenvalue weighted by atomic mass is 9.95.